The van der Waals surface area contributed by atoms with E-state index in [0.717, 1.165) is 9.87 Å². The van der Waals surface area contributed by atoms with Crippen molar-refractivity contribution in [3.8, 4) is 5.75 Å². The van der Waals surface area contributed by atoms with Crippen LogP contribution in [0.1, 0.15) is 25.0 Å². The Morgan fingerprint density at radius 2 is 1.67 bits per heavy atom. The third kappa shape index (κ3) is 7.23. The van der Waals surface area contributed by atoms with E-state index >= 15 is 0 Å². The van der Waals surface area contributed by atoms with Crippen LogP contribution in [0.3, 0.4) is 0 Å². The Morgan fingerprint density at radius 1 is 1.00 bits per heavy atom. The van der Waals surface area contributed by atoms with Crippen molar-refractivity contribution in [2.45, 2.75) is 38.3 Å². The van der Waals surface area contributed by atoms with Gasteiger partial charge in [0.2, 0.25) is 11.8 Å². The largest absolute Gasteiger partial charge is 0.492 e. The molecule has 0 aliphatic heterocycles. The van der Waals surface area contributed by atoms with Crippen LogP contribution < -0.4 is 14.4 Å². The topological polar surface area (TPSA) is 96.0 Å². The number of nitrogens with zero attached hydrogens (tertiary/aromatic N) is 2. The minimum atomic E-state index is -4.21. The van der Waals surface area contributed by atoms with E-state index in [4.69, 9.17) is 27.9 Å². The summed E-state index contributed by atoms with van der Waals surface area (Å²) in [6.45, 7) is 4.91. The molecule has 1 N–H and O–H groups in total. The van der Waals surface area contributed by atoms with Crippen LogP contribution in [0.25, 0.3) is 0 Å². The standard InChI is InChI=1S/C28H31Cl2N3O5S/c1-5-38-26-9-7-6-8-25(26)33(39(36,37)22-13-10-19(2)11-14-22)18-27(34)32(20(3)28(35)31-4)17-21-12-15-23(29)24(30)16-21/h6-16,20H,5,17-18H2,1-4H3,(H,31,35)/t20-/m1/s1. The Morgan fingerprint density at radius 3 is 2.28 bits per heavy atom. The van der Waals surface area contributed by atoms with Crippen molar-refractivity contribution >= 4 is 50.7 Å². The lowest BCUT2D eigenvalue weighted by Crippen LogP contribution is -2.50. The van der Waals surface area contributed by atoms with Gasteiger partial charge >= 0.3 is 0 Å². The lowest BCUT2D eigenvalue weighted by atomic mass is 10.1. The first-order valence-electron chi connectivity index (χ1n) is 12.3. The molecule has 1 atom stereocenters. The first-order chi connectivity index (χ1) is 18.5. The number of nitrogens with one attached hydrogen (secondary N) is 1. The van der Waals surface area contributed by atoms with Crippen LogP contribution in [0.5, 0.6) is 5.75 Å². The molecule has 0 unspecified atom stereocenters. The van der Waals surface area contributed by atoms with E-state index in [2.05, 4.69) is 5.32 Å². The summed E-state index contributed by atoms with van der Waals surface area (Å²) < 4.78 is 34.6. The lowest BCUT2D eigenvalue weighted by Gasteiger charge is -2.32. The molecule has 0 saturated heterocycles. The molecule has 208 valence electrons. The number of aryl methyl sites for hydroxylation is 1. The number of sulfonamides is 1. The van der Waals surface area contributed by atoms with Crippen LogP contribution in [-0.4, -0.2) is 51.4 Å². The molecule has 0 aliphatic carbocycles. The van der Waals surface area contributed by atoms with E-state index < -0.39 is 34.4 Å². The molecule has 3 aromatic carbocycles. The highest BCUT2D eigenvalue weighted by molar-refractivity contribution is 7.92. The number of hydrogen-bond acceptors (Lipinski definition) is 5. The Kier molecular flexibility index (Phi) is 10.2. The van der Waals surface area contributed by atoms with Gasteiger partial charge in [0.15, 0.2) is 0 Å². The zero-order chi connectivity index (χ0) is 28.7. The lowest BCUT2D eigenvalue weighted by molar-refractivity contribution is -0.139. The van der Waals surface area contributed by atoms with Crippen molar-refractivity contribution in [1.82, 2.24) is 10.2 Å². The number of hydrogen-bond donors (Lipinski definition) is 1. The smallest absolute Gasteiger partial charge is 0.264 e. The van der Waals surface area contributed by atoms with E-state index in [-0.39, 0.29) is 17.1 Å². The van der Waals surface area contributed by atoms with Gasteiger partial charge in [-0.2, -0.15) is 0 Å². The molecule has 11 heteroatoms. The van der Waals surface area contributed by atoms with Crippen LogP contribution in [0, 0.1) is 6.92 Å². The van der Waals surface area contributed by atoms with Crippen LogP contribution in [-0.2, 0) is 26.2 Å². The van der Waals surface area contributed by atoms with Crippen molar-refractivity contribution in [2.75, 3.05) is 24.5 Å². The Bertz CT molecular complexity index is 1430. The monoisotopic (exact) mass is 591 g/mol. The van der Waals surface area contributed by atoms with Crippen LogP contribution in [0.4, 0.5) is 5.69 Å². The van der Waals surface area contributed by atoms with Crippen LogP contribution in [0.15, 0.2) is 71.6 Å². The summed E-state index contributed by atoms with van der Waals surface area (Å²) in [5.41, 5.74) is 1.71. The molecule has 3 rings (SSSR count). The molecule has 0 bridgehead atoms. The minimum absolute atomic E-state index is 0.00413. The summed E-state index contributed by atoms with van der Waals surface area (Å²) in [6, 6.07) is 16.9. The van der Waals surface area contributed by atoms with Gasteiger partial charge in [0, 0.05) is 13.6 Å². The SMILES string of the molecule is CCOc1ccccc1N(CC(=O)N(Cc1ccc(Cl)c(Cl)c1)[C@H](C)C(=O)NC)S(=O)(=O)c1ccc(C)cc1. The van der Waals surface area contributed by atoms with E-state index in [9.17, 15) is 18.0 Å². The maximum absolute atomic E-state index is 13.9. The van der Waals surface area contributed by atoms with Crippen molar-refractivity contribution in [2.24, 2.45) is 0 Å². The van der Waals surface area contributed by atoms with E-state index in [1.54, 1.807) is 68.4 Å². The quantitative estimate of drug-likeness (QED) is 0.336. The molecule has 0 aliphatic rings. The fraction of sp³-hybridized carbons (Fsp3) is 0.286. The molecule has 8 nitrogen and oxygen atoms in total. The number of carbonyl (C=O) groups is 2. The molecular formula is C28H31Cl2N3O5S. The normalized spacial score (nSPS) is 11.9. The zero-order valence-corrected chi connectivity index (χ0v) is 24.5. The number of amides is 2. The van der Waals surface area contributed by atoms with Gasteiger partial charge in [-0.05, 0) is 62.7 Å². The van der Waals surface area contributed by atoms with Gasteiger partial charge in [0.05, 0.1) is 27.2 Å². The maximum Gasteiger partial charge on any atom is 0.264 e. The van der Waals surface area contributed by atoms with E-state index in [1.807, 2.05) is 6.92 Å². The van der Waals surface area contributed by atoms with Gasteiger partial charge in [0.1, 0.15) is 18.3 Å². The van der Waals surface area contributed by atoms with Gasteiger partial charge < -0.3 is 15.0 Å². The van der Waals surface area contributed by atoms with Crippen molar-refractivity contribution < 1.29 is 22.7 Å². The highest BCUT2D eigenvalue weighted by Crippen LogP contribution is 2.33. The number of benzene rings is 3. The number of anilines is 1. The van der Waals surface area contributed by atoms with Crippen LogP contribution in [0.2, 0.25) is 10.0 Å². The summed E-state index contributed by atoms with van der Waals surface area (Å²) in [7, 11) is -2.74. The number of ether oxygens (including phenoxy) is 1. The second-order valence-electron chi connectivity index (χ2n) is 8.79. The first-order valence-corrected chi connectivity index (χ1v) is 14.4. The Labute approximate surface area is 239 Å². The summed E-state index contributed by atoms with van der Waals surface area (Å²) in [4.78, 5) is 27.8. The molecule has 0 radical (unpaired) electrons. The molecule has 0 fully saturated rings. The average Bonchev–Trinajstić information content (AvgIpc) is 2.92. The molecular weight excluding hydrogens is 561 g/mol. The van der Waals surface area contributed by atoms with Crippen molar-refractivity contribution in [3.63, 3.8) is 0 Å². The van der Waals surface area contributed by atoms with E-state index in [1.165, 1.54) is 24.1 Å². The van der Waals surface area contributed by atoms with E-state index in [0.29, 0.717) is 28.0 Å². The second kappa shape index (κ2) is 13.2. The number of likely N-dealkylation sites (N-methyl/N-ethyl adjacent to an activating group) is 1. The molecule has 0 heterocycles. The van der Waals surface area contributed by atoms with Gasteiger partial charge in [0.25, 0.3) is 10.0 Å². The molecule has 3 aromatic rings. The maximum atomic E-state index is 13.9. The molecule has 39 heavy (non-hydrogen) atoms. The Hall–Kier alpha value is -3.27. The van der Waals surface area contributed by atoms with Gasteiger partial charge in [-0.15, -0.1) is 0 Å². The summed E-state index contributed by atoms with van der Waals surface area (Å²) in [6.07, 6.45) is 0. The second-order valence-corrected chi connectivity index (χ2v) is 11.5. The molecule has 0 saturated carbocycles. The predicted octanol–water partition coefficient (Wildman–Crippen LogP) is 5.06. The summed E-state index contributed by atoms with van der Waals surface area (Å²) in [5, 5.41) is 3.19. The average molecular weight is 593 g/mol. The molecule has 0 spiro atoms. The molecule has 0 aromatic heterocycles. The number of halogens is 2. The summed E-state index contributed by atoms with van der Waals surface area (Å²) >= 11 is 12.2. The van der Waals surface area contributed by atoms with Gasteiger partial charge in [-0.25, -0.2) is 8.42 Å². The zero-order valence-electron chi connectivity index (χ0n) is 22.1. The minimum Gasteiger partial charge on any atom is -0.492 e. The fourth-order valence-corrected chi connectivity index (χ4v) is 5.66. The summed E-state index contributed by atoms with van der Waals surface area (Å²) in [5.74, 6) is -0.705. The van der Waals surface area contributed by atoms with Crippen molar-refractivity contribution in [3.05, 3.63) is 87.9 Å². The predicted molar refractivity (Wildman–Crippen MR) is 154 cm³/mol. The number of para-hydroxylation sites is 2. The third-order valence-electron chi connectivity index (χ3n) is 6.07. The highest BCUT2D eigenvalue weighted by atomic mass is 35.5. The van der Waals surface area contributed by atoms with Gasteiger partial charge in [-0.1, -0.05) is 59.1 Å². The Balaban J connectivity index is 2.09. The third-order valence-corrected chi connectivity index (χ3v) is 8.59. The number of rotatable bonds is 11. The number of carbonyl (C=O) groups excluding carboxylic acids is 2. The molecule has 2 amide bonds. The van der Waals surface area contributed by atoms with Gasteiger partial charge in [-0.3, -0.25) is 13.9 Å². The van der Waals surface area contributed by atoms with Crippen molar-refractivity contribution in [1.29, 1.82) is 0 Å². The first kappa shape index (κ1) is 30.3. The highest BCUT2D eigenvalue weighted by Gasteiger charge is 2.33. The van der Waals surface area contributed by atoms with Crippen LogP contribution >= 0.6 is 23.2 Å². The fourth-order valence-electron chi connectivity index (χ4n) is 3.92.